The van der Waals surface area contributed by atoms with E-state index < -0.39 is 0 Å². The van der Waals surface area contributed by atoms with Gasteiger partial charge in [-0.05, 0) is 44.4 Å². The molecule has 1 N–H and O–H groups in total. The number of aromatic nitrogens is 2. The van der Waals surface area contributed by atoms with Crippen molar-refractivity contribution in [3.63, 3.8) is 0 Å². The Bertz CT molecular complexity index is 621. The summed E-state index contributed by atoms with van der Waals surface area (Å²) in [5, 5.41) is 3.89. The molecule has 1 saturated carbocycles. The fraction of sp³-hybridized carbons (Fsp3) is 0.333. The van der Waals surface area contributed by atoms with Gasteiger partial charge in [-0.25, -0.2) is 9.97 Å². The topological polar surface area (TPSA) is 37.8 Å². The first-order valence-corrected chi connectivity index (χ1v) is 6.89. The SMILES string of the molecule is Cc1cccc(Nc2nc(C3CC3)nc(Cl)c2C)c1. The molecule has 0 aliphatic heterocycles. The number of hydrogen-bond donors (Lipinski definition) is 1. The van der Waals surface area contributed by atoms with Crippen LogP contribution in [0.5, 0.6) is 0 Å². The number of nitrogens with one attached hydrogen (secondary N) is 1. The van der Waals surface area contributed by atoms with Crippen LogP contribution in [0.15, 0.2) is 24.3 Å². The van der Waals surface area contributed by atoms with Gasteiger partial charge in [0, 0.05) is 17.2 Å². The zero-order valence-corrected chi connectivity index (χ0v) is 11.8. The first kappa shape index (κ1) is 12.4. The van der Waals surface area contributed by atoms with Crippen molar-refractivity contribution in [2.45, 2.75) is 32.6 Å². The number of benzene rings is 1. The van der Waals surface area contributed by atoms with Gasteiger partial charge in [0.25, 0.3) is 0 Å². The average Bonchev–Trinajstić information content (AvgIpc) is 3.19. The molecular formula is C15H16ClN3. The number of aryl methyl sites for hydroxylation is 1. The van der Waals surface area contributed by atoms with Crippen molar-refractivity contribution >= 4 is 23.1 Å². The molecule has 0 bridgehead atoms. The van der Waals surface area contributed by atoms with Crippen LogP contribution in [0, 0.1) is 13.8 Å². The molecule has 0 unspecified atom stereocenters. The number of hydrogen-bond acceptors (Lipinski definition) is 3. The average molecular weight is 274 g/mol. The van der Waals surface area contributed by atoms with Crippen LogP contribution in [0.4, 0.5) is 11.5 Å². The van der Waals surface area contributed by atoms with Crippen LogP contribution < -0.4 is 5.32 Å². The fourth-order valence-electron chi connectivity index (χ4n) is 2.01. The van der Waals surface area contributed by atoms with Gasteiger partial charge in [0.05, 0.1) is 0 Å². The van der Waals surface area contributed by atoms with E-state index in [-0.39, 0.29) is 0 Å². The summed E-state index contributed by atoms with van der Waals surface area (Å²) in [5.41, 5.74) is 3.14. The van der Waals surface area contributed by atoms with Crippen molar-refractivity contribution in [3.05, 3.63) is 46.4 Å². The minimum atomic E-state index is 0.496. The first-order valence-electron chi connectivity index (χ1n) is 6.51. The Kier molecular flexibility index (Phi) is 3.15. The molecule has 0 atom stereocenters. The Labute approximate surface area is 118 Å². The highest BCUT2D eigenvalue weighted by molar-refractivity contribution is 6.30. The van der Waals surface area contributed by atoms with Gasteiger partial charge < -0.3 is 5.32 Å². The summed E-state index contributed by atoms with van der Waals surface area (Å²) in [6.07, 6.45) is 2.34. The third-order valence-corrected chi connectivity index (χ3v) is 3.70. The number of halogens is 1. The summed E-state index contributed by atoms with van der Waals surface area (Å²) in [7, 11) is 0. The summed E-state index contributed by atoms with van der Waals surface area (Å²) >= 11 is 6.20. The van der Waals surface area contributed by atoms with Crippen LogP contribution in [-0.2, 0) is 0 Å². The Hall–Kier alpha value is -1.61. The summed E-state index contributed by atoms with van der Waals surface area (Å²) < 4.78 is 0. The minimum Gasteiger partial charge on any atom is -0.340 e. The van der Waals surface area contributed by atoms with E-state index in [1.54, 1.807) is 0 Å². The lowest BCUT2D eigenvalue weighted by atomic mass is 10.2. The van der Waals surface area contributed by atoms with E-state index in [9.17, 15) is 0 Å². The Morgan fingerprint density at radius 1 is 1.21 bits per heavy atom. The van der Waals surface area contributed by atoms with Crippen LogP contribution in [-0.4, -0.2) is 9.97 Å². The lowest BCUT2D eigenvalue weighted by molar-refractivity contribution is 0.922. The molecule has 0 amide bonds. The molecule has 4 heteroatoms. The summed E-state index contributed by atoms with van der Waals surface area (Å²) in [5.74, 6) is 2.18. The van der Waals surface area contributed by atoms with Gasteiger partial charge in [-0.1, -0.05) is 23.7 Å². The maximum absolute atomic E-state index is 6.20. The predicted molar refractivity (Wildman–Crippen MR) is 78.2 cm³/mol. The largest absolute Gasteiger partial charge is 0.340 e. The molecule has 1 aromatic heterocycles. The van der Waals surface area contributed by atoms with Crippen LogP contribution in [0.25, 0.3) is 0 Å². The number of anilines is 2. The molecule has 19 heavy (non-hydrogen) atoms. The first-order chi connectivity index (χ1) is 9.13. The van der Waals surface area contributed by atoms with Crippen LogP contribution in [0.2, 0.25) is 5.15 Å². The van der Waals surface area contributed by atoms with E-state index >= 15 is 0 Å². The summed E-state index contributed by atoms with van der Waals surface area (Å²) in [4.78, 5) is 8.98. The number of nitrogens with zero attached hydrogens (tertiary/aromatic N) is 2. The van der Waals surface area contributed by atoms with E-state index in [1.165, 1.54) is 18.4 Å². The van der Waals surface area contributed by atoms with Crippen LogP contribution in [0.1, 0.15) is 35.7 Å². The van der Waals surface area contributed by atoms with Gasteiger partial charge in [-0.15, -0.1) is 0 Å². The predicted octanol–water partition coefficient (Wildman–Crippen LogP) is 4.37. The monoisotopic (exact) mass is 273 g/mol. The maximum Gasteiger partial charge on any atom is 0.138 e. The Balaban J connectivity index is 1.95. The molecule has 2 aromatic rings. The molecule has 3 rings (SSSR count). The van der Waals surface area contributed by atoms with E-state index in [0.717, 1.165) is 22.9 Å². The second kappa shape index (κ2) is 4.82. The van der Waals surface area contributed by atoms with E-state index in [2.05, 4.69) is 34.3 Å². The van der Waals surface area contributed by atoms with Crippen LogP contribution >= 0.6 is 11.6 Å². The summed E-state index contributed by atoms with van der Waals surface area (Å²) in [6, 6.07) is 8.21. The lowest BCUT2D eigenvalue weighted by Crippen LogP contribution is -2.03. The second-order valence-electron chi connectivity index (χ2n) is 5.11. The van der Waals surface area contributed by atoms with E-state index in [4.69, 9.17) is 11.6 Å². The minimum absolute atomic E-state index is 0.496. The van der Waals surface area contributed by atoms with Gasteiger partial charge in [-0.3, -0.25) is 0 Å². The summed E-state index contributed by atoms with van der Waals surface area (Å²) in [6.45, 7) is 4.01. The lowest BCUT2D eigenvalue weighted by Gasteiger charge is -2.11. The molecule has 1 heterocycles. The molecule has 0 saturated heterocycles. The van der Waals surface area contributed by atoms with Crippen molar-refractivity contribution in [2.24, 2.45) is 0 Å². The van der Waals surface area contributed by atoms with Gasteiger partial charge in [0.1, 0.15) is 16.8 Å². The molecule has 1 aliphatic carbocycles. The highest BCUT2D eigenvalue weighted by Gasteiger charge is 2.28. The third kappa shape index (κ3) is 2.71. The zero-order chi connectivity index (χ0) is 13.4. The normalized spacial score (nSPS) is 14.5. The van der Waals surface area contributed by atoms with Crippen molar-refractivity contribution in [1.29, 1.82) is 0 Å². The maximum atomic E-state index is 6.20. The third-order valence-electron chi connectivity index (χ3n) is 3.33. The van der Waals surface area contributed by atoms with Gasteiger partial charge in [0.2, 0.25) is 0 Å². The Morgan fingerprint density at radius 2 is 2.00 bits per heavy atom. The fourth-order valence-corrected chi connectivity index (χ4v) is 2.19. The molecule has 98 valence electrons. The zero-order valence-electron chi connectivity index (χ0n) is 11.1. The molecule has 1 fully saturated rings. The molecule has 3 nitrogen and oxygen atoms in total. The van der Waals surface area contributed by atoms with Gasteiger partial charge >= 0.3 is 0 Å². The molecular weight excluding hydrogens is 258 g/mol. The molecule has 1 aliphatic rings. The van der Waals surface area contributed by atoms with Crippen molar-refractivity contribution < 1.29 is 0 Å². The standard InChI is InChI=1S/C15H16ClN3/c1-9-4-3-5-12(8-9)17-14-10(2)13(16)18-15(19-14)11-6-7-11/h3-5,8,11H,6-7H2,1-2H3,(H,17,18,19). The van der Waals surface area contributed by atoms with Gasteiger partial charge in [-0.2, -0.15) is 0 Å². The van der Waals surface area contributed by atoms with E-state index in [1.807, 2.05) is 19.1 Å². The second-order valence-corrected chi connectivity index (χ2v) is 5.47. The smallest absolute Gasteiger partial charge is 0.138 e. The highest BCUT2D eigenvalue weighted by atomic mass is 35.5. The Morgan fingerprint density at radius 3 is 2.68 bits per heavy atom. The quantitative estimate of drug-likeness (QED) is 0.844. The molecule has 0 radical (unpaired) electrons. The molecule has 0 spiro atoms. The van der Waals surface area contributed by atoms with Crippen molar-refractivity contribution in [2.75, 3.05) is 5.32 Å². The highest BCUT2D eigenvalue weighted by Crippen LogP contribution is 2.39. The number of rotatable bonds is 3. The van der Waals surface area contributed by atoms with Crippen molar-refractivity contribution in [3.8, 4) is 0 Å². The van der Waals surface area contributed by atoms with Crippen LogP contribution in [0.3, 0.4) is 0 Å². The van der Waals surface area contributed by atoms with Gasteiger partial charge in [0.15, 0.2) is 0 Å². The van der Waals surface area contributed by atoms with E-state index in [0.29, 0.717) is 11.1 Å². The molecule has 1 aromatic carbocycles. The van der Waals surface area contributed by atoms with Crippen molar-refractivity contribution in [1.82, 2.24) is 9.97 Å².